The van der Waals surface area contributed by atoms with Gasteiger partial charge < -0.3 is 17.5 Å². The second kappa shape index (κ2) is 4.80. The summed E-state index contributed by atoms with van der Waals surface area (Å²) in [5.41, 5.74) is -0.771. The van der Waals surface area contributed by atoms with Crippen LogP contribution in [0.15, 0.2) is 12.4 Å². The normalized spacial score (nSPS) is 11.0. The summed E-state index contributed by atoms with van der Waals surface area (Å²) in [5.74, 6) is 0. The van der Waals surface area contributed by atoms with Crippen LogP contribution in [0.25, 0.3) is 0 Å². The number of hydrogen-bond acceptors (Lipinski definition) is 1. The minimum atomic E-state index is -4.95. The van der Waals surface area contributed by atoms with Gasteiger partial charge in [0.1, 0.15) is 0 Å². The number of imidazole rings is 1. The van der Waals surface area contributed by atoms with E-state index in [0.29, 0.717) is 6.54 Å². The molecular formula is C5H7BF3KN2. The van der Waals surface area contributed by atoms with Gasteiger partial charge in [0, 0.05) is 24.7 Å². The van der Waals surface area contributed by atoms with Gasteiger partial charge in [0.15, 0.2) is 0 Å². The van der Waals surface area contributed by atoms with Crippen LogP contribution in [0.4, 0.5) is 12.9 Å². The van der Waals surface area contributed by atoms with Crippen LogP contribution in [-0.4, -0.2) is 16.5 Å². The van der Waals surface area contributed by atoms with E-state index in [1.54, 1.807) is 6.92 Å². The van der Waals surface area contributed by atoms with E-state index in [2.05, 4.69) is 4.98 Å². The average molecular weight is 202 g/mol. The molecule has 0 fully saturated rings. The summed E-state index contributed by atoms with van der Waals surface area (Å²) < 4.78 is 37.2. The molecule has 0 spiro atoms. The van der Waals surface area contributed by atoms with Crippen LogP contribution in [0.2, 0.25) is 0 Å². The van der Waals surface area contributed by atoms with Gasteiger partial charge in [-0.3, -0.25) is 4.98 Å². The van der Waals surface area contributed by atoms with Crippen LogP contribution in [0, 0.1) is 0 Å². The van der Waals surface area contributed by atoms with Crippen LogP contribution in [0.3, 0.4) is 0 Å². The fourth-order valence-electron chi connectivity index (χ4n) is 0.881. The average Bonchev–Trinajstić information content (AvgIpc) is 2.31. The van der Waals surface area contributed by atoms with E-state index in [1.807, 2.05) is 0 Å². The van der Waals surface area contributed by atoms with Crippen LogP contribution in [-0.2, 0) is 6.54 Å². The van der Waals surface area contributed by atoms with E-state index >= 15 is 0 Å². The maximum atomic E-state index is 12.0. The van der Waals surface area contributed by atoms with E-state index in [-0.39, 0.29) is 51.4 Å². The Morgan fingerprint density at radius 3 is 2.42 bits per heavy atom. The summed E-state index contributed by atoms with van der Waals surface area (Å²) in [5, 5.41) is 0. The van der Waals surface area contributed by atoms with Crippen molar-refractivity contribution in [2.24, 2.45) is 0 Å². The van der Waals surface area contributed by atoms with Crippen LogP contribution >= 0.6 is 0 Å². The Bertz CT molecular complexity index is 247. The summed E-state index contributed by atoms with van der Waals surface area (Å²) in [6.07, 6.45) is 2.48. The number of hydrogen-bond donors (Lipinski definition) is 0. The second-order valence-electron chi connectivity index (χ2n) is 2.15. The van der Waals surface area contributed by atoms with Gasteiger partial charge in [-0.2, -0.15) is 0 Å². The minimum absolute atomic E-state index is 0. The standard InChI is InChI=1S/C5H7BF3N2.K/c1-2-11-4-3-10-5(11)6(7,8)9;/h3-4H,2H2,1H3;/q-1;+1. The summed E-state index contributed by atoms with van der Waals surface area (Å²) in [4.78, 5) is 3.22. The van der Waals surface area contributed by atoms with Gasteiger partial charge in [-0.05, 0) is 6.92 Å². The number of aryl methyl sites for hydroxylation is 1. The molecule has 7 heteroatoms. The molecule has 12 heavy (non-hydrogen) atoms. The third kappa shape index (κ3) is 2.88. The minimum Gasteiger partial charge on any atom is -0.443 e. The van der Waals surface area contributed by atoms with Crippen molar-refractivity contribution in [3.8, 4) is 0 Å². The van der Waals surface area contributed by atoms with E-state index in [0.717, 1.165) is 10.8 Å². The quantitative estimate of drug-likeness (QED) is 0.505. The van der Waals surface area contributed by atoms with Gasteiger partial charge in [0.25, 0.3) is 0 Å². The Balaban J connectivity index is 0.00000121. The van der Waals surface area contributed by atoms with Gasteiger partial charge in [-0.1, -0.05) is 0 Å². The number of rotatable bonds is 2. The summed E-state index contributed by atoms with van der Waals surface area (Å²) >= 11 is 0. The summed E-state index contributed by atoms with van der Waals surface area (Å²) in [6, 6.07) is 0. The Morgan fingerprint density at radius 2 is 2.08 bits per heavy atom. The number of halogens is 3. The molecule has 0 atom stereocenters. The molecule has 0 aliphatic carbocycles. The van der Waals surface area contributed by atoms with Crippen molar-refractivity contribution in [3.63, 3.8) is 0 Å². The zero-order valence-corrected chi connectivity index (χ0v) is 10.1. The first-order valence-electron chi connectivity index (χ1n) is 3.26. The topological polar surface area (TPSA) is 17.8 Å². The molecule has 0 aromatic carbocycles. The SMILES string of the molecule is CCn1ccnc1[B-](F)(F)F.[K+]. The molecule has 1 rings (SSSR count). The summed E-state index contributed by atoms with van der Waals surface area (Å²) in [6.45, 7) is -3.00. The molecule has 1 aromatic heterocycles. The first kappa shape index (κ1) is 12.7. The third-order valence-electron chi connectivity index (χ3n) is 1.38. The van der Waals surface area contributed by atoms with E-state index in [4.69, 9.17) is 0 Å². The first-order chi connectivity index (χ1) is 5.05. The van der Waals surface area contributed by atoms with Crippen LogP contribution in [0.5, 0.6) is 0 Å². The van der Waals surface area contributed by atoms with Crippen molar-refractivity contribution >= 4 is 12.7 Å². The van der Waals surface area contributed by atoms with Crippen molar-refractivity contribution < 1.29 is 64.3 Å². The predicted molar refractivity (Wildman–Crippen MR) is 36.6 cm³/mol. The molecule has 0 saturated heterocycles. The van der Waals surface area contributed by atoms with Crippen LogP contribution in [0.1, 0.15) is 6.92 Å². The zero-order valence-electron chi connectivity index (χ0n) is 6.97. The smallest absolute Gasteiger partial charge is 0.443 e. The van der Waals surface area contributed by atoms with E-state index in [9.17, 15) is 12.9 Å². The second-order valence-corrected chi connectivity index (χ2v) is 2.15. The van der Waals surface area contributed by atoms with Gasteiger partial charge in [-0.15, -0.1) is 0 Å². The Labute approximate surface area is 111 Å². The molecule has 0 N–H and O–H groups in total. The van der Waals surface area contributed by atoms with Crippen LogP contribution < -0.4 is 57.1 Å². The van der Waals surface area contributed by atoms with Crippen molar-refractivity contribution in [1.29, 1.82) is 0 Å². The maximum absolute atomic E-state index is 12.0. The molecule has 0 amide bonds. The van der Waals surface area contributed by atoms with Gasteiger partial charge in [0.2, 0.25) is 0 Å². The molecule has 0 unspecified atom stereocenters. The zero-order chi connectivity index (χ0) is 8.48. The Kier molecular flexibility index (Phi) is 5.08. The fraction of sp³-hybridized carbons (Fsp3) is 0.400. The predicted octanol–water partition coefficient (Wildman–Crippen LogP) is -2.04. The van der Waals surface area contributed by atoms with E-state index < -0.39 is 12.7 Å². The molecule has 2 nitrogen and oxygen atoms in total. The third-order valence-corrected chi connectivity index (χ3v) is 1.38. The number of nitrogens with zero attached hydrogens (tertiary/aromatic N) is 2. The molecular weight excluding hydrogens is 195 g/mol. The van der Waals surface area contributed by atoms with Crippen molar-refractivity contribution in [3.05, 3.63) is 12.4 Å². The van der Waals surface area contributed by atoms with Crippen molar-refractivity contribution in [1.82, 2.24) is 9.55 Å². The molecule has 1 aromatic rings. The summed E-state index contributed by atoms with van der Waals surface area (Å²) in [7, 11) is 0. The van der Waals surface area contributed by atoms with Crippen molar-refractivity contribution in [2.75, 3.05) is 0 Å². The van der Waals surface area contributed by atoms with Gasteiger partial charge >= 0.3 is 58.4 Å². The number of aromatic nitrogens is 2. The first-order valence-corrected chi connectivity index (χ1v) is 3.26. The molecule has 62 valence electrons. The van der Waals surface area contributed by atoms with Gasteiger partial charge in [-0.25, -0.2) is 0 Å². The largest absolute Gasteiger partial charge is 1.00 e. The molecule has 0 saturated carbocycles. The van der Waals surface area contributed by atoms with Crippen molar-refractivity contribution in [2.45, 2.75) is 13.5 Å². The molecule has 0 bridgehead atoms. The fourth-order valence-corrected chi connectivity index (χ4v) is 0.881. The van der Waals surface area contributed by atoms with Gasteiger partial charge in [0.05, 0.1) is 0 Å². The monoisotopic (exact) mass is 202 g/mol. The molecule has 0 radical (unpaired) electrons. The Morgan fingerprint density at radius 1 is 1.50 bits per heavy atom. The van der Waals surface area contributed by atoms with E-state index in [1.165, 1.54) is 6.20 Å². The molecule has 0 aliphatic rings. The molecule has 0 aliphatic heterocycles. The maximum Gasteiger partial charge on any atom is 1.00 e. The Hall–Kier alpha value is 0.701. The molecule has 1 heterocycles.